The molecule has 0 aliphatic rings. The molecule has 1 heterocycles. The molecule has 1 aromatic rings. The number of hydrogen-bond donors (Lipinski definition) is 0. The minimum absolute atomic E-state index is 0. The van der Waals surface area contributed by atoms with Gasteiger partial charge in [0.15, 0.2) is 0 Å². The molecule has 0 aromatic carbocycles. The van der Waals surface area contributed by atoms with Crippen molar-refractivity contribution in [3.63, 3.8) is 0 Å². The molecule has 0 bridgehead atoms. The fourth-order valence-corrected chi connectivity index (χ4v) is 0.394. The first kappa shape index (κ1) is 8.25. The van der Waals surface area contributed by atoms with Gasteiger partial charge >= 0.3 is 0 Å². The van der Waals surface area contributed by atoms with Crippen molar-refractivity contribution in [3.8, 4) is 0 Å². The quantitative estimate of drug-likeness (QED) is 0.547. The summed E-state index contributed by atoms with van der Waals surface area (Å²) < 4.78 is 0. The Balaban J connectivity index is 0.000000490. The van der Waals surface area contributed by atoms with Crippen LogP contribution in [0, 0.1) is 13.0 Å². The van der Waals surface area contributed by atoms with E-state index in [1.807, 2.05) is 19.1 Å². The molecule has 0 saturated carbocycles. The van der Waals surface area contributed by atoms with Gasteiger partial charge in [0.1, 0.15) is 0 Å². The Hall–Kier alpha value is 0.254. The fraction of sp³-hybridized carbons (Fsp3) is 0.167. The summed E-state index contributed by atoms with van der Waals surface area (Å²) in [5.41, 5.74) is 1.04. The average Bonchev–Trinajstić information content (AvgIpc) is 1.69. The Kier molecular flexibility index (Phi) is 4.30. The third-order valence-corrected chi connectivity index (χ3v) is 0.763. The molecular formula is C6H6NY-. The van der Waals surface area contributed by atoms with Crippen molar-refractivity contribution in [1.29, 1.82) is 0 Å². The molecule has 1 radical (unpaired) electrons. The molecule has 0 unspecified atom stereocenters. The van der Waals surface area contributed by atoms with Gasteiger partial charge in [-0.2, -0.15) is 6.07 Å². The van der Waals surface area contributed by atoms with E-state index in [9.17, 15) is 0 Å². The van der Waals surface area contributed by atoms with Crippen molar-refractivity contribution in [2.45, 2.75) is 6.92 Å². The largest absolute Gasteiger partial charge is 0.301 e. The zero-order valence-corrected chi connectivity index (χ0v) is 7.59. The molecular weight excluding hydrogens is 175 g/mol. The monoisotopic (exact) mass is 181 g/mol. The number of hydrogen-bond acceptors (Lipinski definition) is 1. The number of aryl methyl sites for hydroxylation is 1. The summed E-state index contributed by atoms with van der Waals surface area (Å²) in [5.74, 6) is 0. The van der Waals surface area contributed by atoms with Crippen molar-refractivity contribution >= 4 is 0 Å². The molecule has 1 rings (SSSR count). The summed E-state index contributed by atoms with van der Waals surface area (Å²) >= 11 is 0. The van der Waals surface area contributed by atoms with E-state index in [0.29, 0.717) is 0 Å². The minimum atomic E-state index is 0. The topological polar surface area (TPSA) is 12.9 Å². The van der Waals surface area contributed by atoms with Gasteiger partial charge < -0.3 is 4.98 Å². The summed E-state index contributed by atoms with van der Waals surface area (Å²) in [6, 6.07) is 6.59. The van der Waals surface area contributed by atoms with E-state index < -0.39 is 0 Å². The molecule has 0 saturated heterocycles. The van der Waals surface area contributed by atoms with Gasteiger partial charge in [0, 0.05) is 32.7 Å². The van der Waals surface area contributed by atoms with Crippen LogP contribution in [0.5, 0.6) is 0 Å². The summed E-state index contributed by atoms with van der Waals surface area (Å²) in [6.07, 6.45) is 1.66. The van der Waals surface area contributed by atoms with Gasteiger partial charge in [0.05, 0.1) is 0 Å². The van der Waals surface area contributed by atoms with Gasteiger partial charge in [0.25, 0.3) is 0 Å². The van der Waals surface area contributed by atoms with Gasteiger partial charge in [-0.25, -0.2) is 12.1 Å². The summed E-state index contributed by atoms with van der Waals surface area (Å²) in [4.78, 5) is 3.92. The van der Waals surface area contributed by atoms with Crippen LogP contribution in [0.4, 0.5) is 0 Å². The second-order valence-corrected chi connectivity index (χ2v) is 1.40. The molecule has 0 N–H and O–H groups in total. The average molecular weight is 181 g/mol. The third kappa shape index (κ3) is 2.53. The first-order valence-corrected chi connectivity index (χ1v) is 2.18. The summed E-state index contributed by atoms with van der Waals surface area (Å²) in [7, 11) is 0. The van der Waals surface area contributed by atoms with E-state index >= 15 is 0 Å². The standard InChI is InChI=1S/C6H6N.Y/c1-6-4-2-3-5-7-6;/h2,4-5H,1H3;/q-1;. The second kappa shape index (κ2) is 4.16. The number of aromatic nitrogens is 1. The van der Waals surface area contributed by atoms with Crippen molar-refractivity contribution in [1.82, 2.24) is 4.98 Å². The minimum Gasteiger partial charge on any atom is -0.301 e. The normalized spacial score (nSPS) is 7.62. The van der Waals surface area contributed by atoms with E-state index in [1.54, 1.807) is 6.20 Å². The predicted molar refractivity (Wildman–Crippen MR) is 27.8 cm³/mol. The molecule has 8 heavy (non-hydrogen) atoms. The van der Waals surface area contributed by atoms with Gasteiger partial charge in [-0.1, -0.05) is 6.20 Å². The van der Waals surface area contributed by atoms with Gasteiger partial charge in [0.2, 0.25) is 0 Å². The first-order valence-electron chi connectivity index (χ1n) is 2.18. The Morgan fingerprint density at radius 3 is 2.62 bits per heavy atom. The molecule has 0 aliphatic heterocycles. The van der Waals surface area contributed by atoms with Crippen molar-refractivity contribution in [3.05, 3.63) is 30.1 Å². The molecule has 0 aliphatic carbocycles. The van der Waals surface area contributed by atoms with Crippen LogP contribution < -0.4 is 0 Å². The van der Waals surface area contributed by atoms with Crippen LogP contribution in [0.25, 0.3) is 0 Å². The van der Waals surface area contributed by atoms with Crippen LogP contribution in [0.15, 0.2) is 18.3 Å². The SMILES string of the molecule is Cc1cc[c-]cn1.[Y]. The molecule has 2 heteroatoms. The zero-order valence-electron chi connectivity index (χ0n) is 4.76. The molecule has 0 atom stereocenters. The van der Waals surface area contributed by atoms with E-state index in [1.165, 1.54) is 0 Å². The smallest absolute Gasteiger partial charge is 0 e. The summed E-state index contributed by atoms with van der Waals surface area (Å²) in [6.45, 7) is 1.95. The molecule has 0 fully saturated rings. The van der Waals surface area contributed by atoms with Crippen LogP contribution in [0.2, 0.25) is 0 Å². The molecule has 1 nitrogen and oxygen atoms in total. The Morgan fingerprint density at radius 2 is 2.38 bits per heavy atom. The summed E-state index contributed by atoms with van der Waals surface area (Å²) in [5, 5.41) is 0. The molecule has 0 spiro atoms. The third-order valence-electron chi connectivity index (χ3n) is 0.763. The van der Waals surface area contributed by atoms with Crippen LogP contribution in [0.1, 0.15) is 5.69 Å². The van der Waals surface area contributed by atoms with Crippen LogP contribution in [-0.4, -0.2) is 4.98 Å². The van der Waals surface area contributed by atoms with Crippen LogP contribution >= 0.6 is 0 Å². The zero-order chi connectivity index (χ0) is 5.11. The molecule has 1 aromatic heterocycles. The molecule has 39 valence electrons. The maximum atomic E-state index is 3.92. The van der Waals surface area contributed by atoms with Gasteiger partial charge in [-0.05, 0) is 12.6 Å². The second-order valence-electron chi connectivity index (χ2n) is 1.40. The Morgan fingerprint density at radius 1 is 1.62 bits per heavy atom. The Bertz CT molecular complexity index is 138. The van der Waals surface area contributed by atoms with Gasteiger partial charge in [-0.3, -0.25) is 0 Å². The number of rotatable bonds is 0. The van der Waals surface area contributed by atoms with E-state index in [-0.39, 0.29) is 32.7 Å². The van der Waals surface area contributed by atoms with Crippen LogP contribution in [0.3, 0.4) is 0 Å². The van der Waals surface area contributed by atoms with E-state index in [2.05, 4.69) is 11.1 Å². The molecule has 0 amide bonds. The Labute approximate surface area is 74.4 Å². The first-order chi connectivity index (χ1) is 3.39. The van der Waals surface area contributed by atoms with Crippen molar-refractivity contribution < 1.29 is 32.7 Å². The van der Waals surface area contributed by atoms with Crippen molar-refractivity contribution in [2.24, 2.45) is 0 Å². The number of pyridine rings is 1. The van der Waals surface area contributed by atoms with E-state index in [0.717, 1.165) is 5.69 Å². The predicted octanol–water partition coefficient (Wildman–Crippen LogP) is 1.19. The van der Waals surface area contributed by atoms with Crippen LogP contribution in [-0.2, 0) is 32.7 Å². The number of nitrogens with zero attached hydrogens (tertiary/aromatic N) is 1. The fourth-order valence-electron chi connectivity index (χ4n) is 0.394. The van der Waals surface area contributed by atoms with E-state index in [4.69, 9.17) is 0 Å². The van der Waals surface area contributed by atoms with Crippen molar-refractivity contribution in [2.75, 3.05) is 0 Å². The maximum Gasteiger partial charge on any atom is 0 e. The maximum absolute atomic E-state index is 3.92. The van der Waals surface area contributed by atoms with Gasteiger partial charge in [-0.15, -0.1) is 0 Å².